The fraction of sp³-hybridized carbons (Fsp3) is 0.400. The highest BCUT2D eigenvalue weighted by molar-refractivity contribution is 5.95. The molecular weight excluding hydrogens is 252 g/mol. The molecule has 0 saturated heterocycles. The number of Topliss-reactive ketones (excluding diaryl/α,β-unsaturated/α-hetero) is 1. The third kappa shape index (κ3) is 2.25. The molecule has 0 atom stereocenters. The Bertz CT molecular complexity index is 596. The fourth-order valence-electron chi connectivity index (χ4n) is 2.75. The molecule has 104 valence electrons. The van der Waals surface area contributed by atoms with E-state index >= 15 is 0 Å². The molecule has 1 aliphatic rings. The molecule has 1 fully saturated rings. The first-order valence-electron chi connectivity index (χ1n) is 6.93. The number of carbonyl (C=O) groups excluding carboxylic acids is 1. The lowest BCUT2D eigenvalue weighted by Gasteiger charge is -2.40. The molecule has 1 aromatic heterocycles. The van der Waals surface area contributed by atoms with Gasteiger partial charge >= 0.3 is 0 Å². The van der Waals surface area contributed by atoms with Crippen molar-refractivity contribution in [2.75, 3.05) is 6.54 Å². The van der Waals surface area contributed by atoms with Crippen LogP contribution in [0.5, 0.6) is 0 Å². The van der Waals surface area contributed by atoms with Gasteiger partial charge in [-0.2, -0.15) is 0 Å². The molecule has 5 heteroatoms. The molecule has 2 aromatic rings. The van der Waals surface area contributed by atoms with Gasteiger partial charge in [0.05, 0.1) is 11.9 Å². The van der Waals surface area contributed by atoms with Crippen LogP contribution in [-0.4, -0.2) is 27.3 Å². The second-order valence-corrected chi connectivity index (χ2v) is 5.52. The minimum Gasteiger partial charge on any atom is -0.330 e. The van der Waals surface area contributed by atoms with Crippen molar-refractivity contribution in [3.05, 3.63) is 42.2 Å². The largest absolute Gasteiger partial charge is 0.330 e. The summed E-state index contributed by atoms with van der Waals surface area (Å²) in [7, 11) is 0. The molecule has 1 saturated carbocycles. The van der Waals surface area contributed by atoms with E-state index in [9.17, 15) is 4.79 Å². The number of rotatable bonds is 5. The van der Waals surface area contributed by atoms with Crippen LogP contribution in [0.3, 0.4) is 0 Å². The van der Waals surface area contributed by atoms with E-state index in [0.29, 0.717) is 18.7 Å². The van der Waals surface area contributed by atoms with E-state index in [1.807, 2.05) is 30.3 Å². The Hall–Kier alpha value is -2.01. The van der Waals surface area contributed by atoms with E-state index in [-0.39, 0.29) is 11.2 Å². The number of hydrogen-bond acceptors (Lipinski definition) is 4. The summed E-state index contributed by atoms with van der Waals surface area (Å²) < 4.78 is 1.60. The Labute approximate surface area is 117 Å². The van der Waals surface area contributed by atoms with Gasteiger partial charge in [-0.25, -0.2) is 4.68 Å². The molecule has 1 heterocycles. The summed E-state index contributed by atoms with van der Waals surface area (Å²) in [5, 5.41) is 7.90. The predicted octanol–water partition coefficient (Wildman–Crippen LogP) is 1.97. The van der Waals surface area contributed by atoms with E-state index in [2.05, 4.69) is 10.3 Å². The molecule has 3 rings (SSSR count). The summed E-state index contributed by atoms with van der Waals surface area (Å²) in [6.45, 7) is 0.575. The Morgan fingerprint density at radius 1 is 1.30 bits per heavy atom. The van der Waals surface area contributed by atoms with Gasteiger partial charge in [-0.05, 0) is 36.9 Å². The number of nitrogens with two attached hydrogens (primary N) is 1. The monoisotopic (exact) mass is 270 g/mol. The average molecular weight is 270 g/mol. The van der Waals surface area contributed by atoms with Gasteiger partial charge in [0.2, 0.25) is 0 Å². The van der Waals surface area contributed by atoms with Crippen LogP contribution in [-0.2, 0) is 0 Å². The highest BCUT2D eigenvalue weighted by atomic mass is 16.1. The zero-order valence-electron chi connectivity index (χ0n) is 11.3. The fourth-order valence-corrected chi connectivity index (χ4v) is 2.75. The molecule has 20 heavy (non-hydrogen) atoms. The van der Waals surface area contributed by atoms with Crippen molar-refractivity contribution >= 4 is 5.78 Å². The number of hydrogen-bond donors (Lipinski definition) is 1. The van der Waals surface area contributed by atoms with Gasteiger partial charge in [-0.15, -0.1) is 5.10 Å². The summed E-state index contributed by atoms with van der Waals surface area (Å²) in [5.41, 5.74) is 7.22. The van der Waals surface area contributed by atoms with Crippen molar-refractivity contribution in [1.29, 1.82) is 0 Å². The standard InChI is InChI=1S/C15H18N4O/c16-11-15(7-4-8-15)9-14(20)13-10-17-18-19(13)12-5-2-1-3-6-12/h1-3,5-6,10H,4,7-9,11,16H2. The number of benzene rings is 1. The number of ketones is 1. The van der Waals surface area contributed by atoms with Gasteiger partial charge in [0.1, 0.15) is 5.69 Å². The van der Waals surface area contributed by atoms with E-state index in [0.717, 1.165) is 18.5 Å². The first-order valence-corrected chi connectivity index (χ1v) is 6.93. The lowest BCUT2D eigenvalue weighted by Crippen LogP contribution is -2.39. The lowest BCUT2D eigenvalue weighted by atomic mass is 9.66. The number of nitrogens with zero attached hydrogens (tertiary/aromatic N) is 3. The van der Waals surface area contributed by atoms with Gasteiger partial charge in [0, 0.05) is 6.42 Å². The van der Waals surface area contributed by atoms with Crippen molar-refractivity contribution in [2.24, 2.45) is 11.1 Å². The topological polar surface area (TPSA) is 73.8 Å². The Kier molecular flexibility index (Phi) is 3.36. The molecule has 1 aliphatic carbocycles. The third-order valence-corrected chi connectivity index (χ3v) is 4.22. The maximum atomic E-state index is 12.5. The second-order valence-electron chi connectivity index (χ2n) is 5.52. The number of aromatic nitrogens is 3. The molecule has 1 aromatic carbocycles. The Balaban J connectivity index is 1.85. The lowest BCUT2D eigenvalue weighted by molar-refractivity contribution is 0.0778. The van der Waals surface area contributed by atoms with Crippen LogP contribution in [0.15, 0.2) is 36.5 Å². The van der Waals surface area contributed by atoms with Gasteiger partial charge < -0.3 is 5.73 Å². The molecular formula is C15H18N4O. The van der Waals surface area contributed by atoms with E-state index in [4.69, 9.17) is 5.73 Å². The normalized spacial score (nSPS) is 16.6. The average Bonchev–Trinajstić information content (AvgIpc) is 2.93. The zero-order chi connectivity index (χ0) is 14.0. The maximum absolute atomic E-state index is 12.5. The molecule has 0 unspecified atom stereocenters. The molecule has 0 spiro atoms. The van der Waals surface area contributed by atoms with E-state index < -0.39 is 0 Å². The van der Waals surface area contributed by atoms with Crippen LogP contribution in [0, 0.1) is 5.41 Å². The Morgan fingerprint density at radius 2 is 2.05 bits per heavy atom. The van der Waals surface area contributed by atoms with Crippen molar-refractivity contribution in [1.82, 2.24) is 15.0 Å². The van der Waals surface area contributed by atoms with Gasteiger partial charge in [0.15, 0.2) is 5.78 Å². The van der Waals surface area contributed by atoms with E-state index in [1.54, 1.807) is 4.68 Å². The number of carbonyl (C=O) groups is 1. The molecule has 0 bridgehead atoms. The maximum Gasteiger partial charge on any atom is 0.183 e. The first kappa shape index (κ1) is 13.0. The van der Waals surface area contributed by atoms with Crippen molar-refractivity contribution in [2.45, 2.75) is 25.7 Å². The highest BCUT2D eigenvalue weighted by Crippen LogP contribution is 2.43. The summed E-state index contributed by atoms with van der Waals surface area (Å²) in [5.74, 6) is 0.0732. The highest BCUT2D eigenvalue weighted by Gasteiger charge is 2.38. The van der Waals surface area contributed by atoms with E-state index in [1.165, 1.54) is 12.6 Å². The van der Waals surface area contributed by atoms with Crippen LogP contribution in [0.2, 0.25) is 0 Å². The predicted molar refractivity (Wildman–Crippen MR) is 75.6 cm³/mol. The van der Waals surface area contributed by atoms with Crippen molar-refractivity contribution in [3.63, 3.8) is 0 Å². The van der Waals surface area contributed by atoms with Gasteiger partial charge in [0.25, 0.3) is 0 Å². The first-order chi connectivity index (χ1) is 9.74. The van der Waals surface area contributed by atoms with Gasteiger partial charge in [-0.3, -0.25) is 4.79 Å². The van der Waals surface area contributed by atoms with Crippen molar-refractivity contribution in [3.8, 4) is 5.69 Å². The SMILES string of the molecule is NCC1(CC(=O)c2cnnn2-c2ccccc2)CCC1. The van der Waals surface area contributed by atoms with Crippen LogP contribution >= 0.6 is 0 Å². The van der Waals surface area contributed by atoms with Crippen molar-refractivity contribution < 1.29 is 4.79 Å². The molecule has 0 radical (unpaired) electrons. The molecule has 0 amide bonds. The molecule has 5 nitrogen and oxygen atoms in total. The number of para-hydroxylation sites is 1. The third-order valence-electron chi connectivity index (χ3n) is 4.22. The summed E-state index contributed by atoms with van der Waals surface area (Å²) >= 11 is 0. The minimum atomic E-state index is 0.00285. The van der Waals surface area contributed by atoms with Crippen LogP contribution in [0.1, 0.15) is 36.2 Å². The summed E-state index contributed by atoms with van der Waals surface area (Å²) in [4.78, 5) is 12.5. The minimum absolute atomic E-state index is 0.00285. The summed E-state index contributed by atoms with van der Waals surface area (Å²) in [6, 6.07) is 9.58. The second kappa shape index (κ2) is 5.17. The van der Waals surface area contributed by atoms with Crippen LogP contribution < -0.4 is 5.73 Å². The quantitative estimate of drug-likeness (QED) is 0.843. The molecule has 2 N–H and O–H groups in total. The van der Waals surface area contributed by atoms with Crippen LogP contribution in [0.25, 0.3) is 5.69 Å². The van der Waals surface area contributed by atoms with Crippen LogP contribution in [0.4, 0.5) is 0 Å². The van der Waals surface area contributed by atoms with Gasteiger partial charge in [-0.1, -0.05) is 29.8 Å². The Morgan fingerprint density at radius 3 is 2.65 bits per heavy atom. The summed E-state index contributed by atoms with van der Waals surface area (Å²) in [6.07, 6.45) is 5.28. The smallest absolute Gasteiger partial charge is 0.183 e. The zero-order valence-corrected chi connectivity index (χ0v) is 11.3. The molecule has 0 aliphatic heterocycles.